The maximum atomic E-state index is 8.63. The molecule has 0 unspecified atom stereocenters. The zero-order valence-electron chi connectivity index (χ0n) is 9.04. The van der Waals surface area contributed by atoms with Crippen molar-refractivity contribution in [1.82, 2.24) is 0 Å². The van der Waals surface area contributed by atoms with Crippen LogP contribution in [0.2, 0.25) is 0 Å². The molecule has 0 aliphatic rings. The summed E-state index contributed by atoms with van der Waals surface area (Å²) in [6.45, 7) is 3.96. The van der Waals surface area contributed by atoms with Gasteiger partial charge in [0.15, 0.2) is 0 Å². The van der Waals surface area contributed by atoms with Gasteiger partial charge in [-0.15, -0.1) is 0 Å². The molecule has 15 heavy (non-hydrogen) atoms. The number of rotatable bonds is 1. The van der Waals surface area contributed by atoms with E-state index < -0.39 is 0 Å². The summed E-state index contributed by atoms with van der Waals surface area (Å²) in [5, 5.41) is 8.63. The van der Waals surface area contributed by atoms with E-state index in [0.717, 1.165) is 16.7 Å². The van der Waals surface area contributed by atoms with Crippen molar-refractivity contribution in [2.24, 2.45) is 0 Å². The van der Waals surface area contributed by atoms with E-state index in [-0.39, 0.29) is 0 Å². The second-order valence-corrected chi connectivity index (χ2v) is 3.43. The molecule has 0 atom stereocenters. The summed E-state index contributed by atoms with van der Waals surface area (Å²) in [5.41, 5.74) is 3.01. The van der Waals surface area contributed by atoms with Crippen LogP contribution in [-0.4, -0.2) is 0 Å². The molecule has 0 saturated carbocycles. The van der Waals surface area contributed by atoms with Crippen LogP contribution in [0.1, 0.15) is 25.8 Å². The Kier molecular flexibility index (Phi) is 4.20. The van der Waals surface area contributed by atoms with E-state index in [4.69, 9.17) is 5.26 Å². The van der Waals surface area contributed by atoms with Gasteiger partial charge in [0.25, 0.3) is 0 Å². The minimum Gasteiger partial charge on any atom is -0.198 e. The van der Waals surface area contributed by atoms with Crippen LogP contribution in [-0.2, 0) is 0 Å². The molecule has 0 aliphatic heterocycles. The molecule has 1 nitrogen and oxygen atoms in total. The van der Waals surface area contributed by atoms with Crippen molar-refractivity contribution in [2.45, 2.75) is 20.3 Å². The Hall–Kier alpha value is -1.99. The Morgan fingerprint density at radius 1 is 1.20 bits per heavy atom. The Morgan fingerprint density at radius 2 is 1.87 bits per heavy atom. The number of allylic oxidation sites excluding steroid dienone is 2. The second-order valence-electron chi connectivity index (χ2n) is 3.43. The molecule has 0 radical (unpaired) electrons. The van der Waals surface area contributed by atoms with Crippen molar-refractivity contribution in [3.05, 3.63) is 47.0 Å². The minimum atomic E-state index is 0.391. The average Bonchev–Trinajstić information content (AvgIpc) is 2.25. The molecule has 0 bridgehead atoms. The fourth-order valence-corrected chi connectivity index (χ4v) is 1.09. The van der Waals surface area contributed by atoms with Gasteiger partial charge in [0.1, 0.15) is 0 Å². The fraction of sp³-hybridized carbons (Fsp3) is 0.214. The molecule has 0 saturated heterocycles. The molecule has 1 aromatic carbocycles. The topological polar surface area (TPSA) is 23.8 Å². The van der Waals surface area contributed by atoms with E-state index in [1.807, 2.05) is 44.2 Å². The SMILES string of the molecule is CC(C)=C(C#Cc1ccccc1)CC#N. The van der Waals surface area contributed by atoms with Gasteiger partial charge in [0.05, 0.1) is 12.5 Å². The number of nitriles is 1. The highest BCUT2D eigenvalue weighted by Crippen LogP contribution is 2.06. The maximum absolute atomic E-state index is 8.63. The number of hydrogen-bond donors (Lipinski definition) is 0. The van der Waals surface area contributed by atoms with Gasteiger partial charge in [-0.2, -0.15) is 5.26 Å². The number of benzene rings is 1. The molecule has 0 spiro atoms. The highest BCUT2D eigenvalue weighted by molar-refractivity contribution is 5.42. The van der Waals surface area contributed by atoms with E-state index in [0.29, 0.717) is 6.42 Å². The Labute approximate surface area is 91.1 Å². The number of hydrogen-bond acceptors (Lipinski definition) is 1. The fourth-order valence-electron chi connectivity index (χ4n) is 1.09. The zero-order valence-corrected chi connectivity index (χ0v) is 9.04. The molecule has 0 heterocycles. The summed E-state index contributed by atoms with van der Waals surface area (Å²) in [5.74, 6) is 6.10. The van der Waals surface area contributed by atoms with E-state index in [9.17, 15) is 0 Å². The smallest absolute Gasteiger partial charge is 0.0680 e. The van der Waals surface area contributed by atoms with Crippen molar-refractivity contribution in [2.75, 3.05) is 0 Å². The molecule has 1 heteroatoms. The third-order valence-electron chi connectivity index (χ3n) is 1.99. The van der Waals surface area contributed by atoms with Crippen molar-refractivity contribution < 1.29 is 0 Å². The first-order valence-electron chi connectivity index (χ1n) is 4.84. The molecule has 1 aromatic rings. The first-order valence-corrected chi connectivity index (χ1v) is 4.84. The van der Waals surface area contributed by atoms with Gasteiger partial charge in [-0.1, -0.05) is 35.6 Å². The van der Waals surface area contributed by atoms with Gasteiger partial charge in [0, 0.05) is 11.1 Å². The summed E-state index contributed by atoms with van der Waals surface area (Å²) in [6.07, 6.45) is 0.391. The highest BCUT2D eigenvalue weighted by Gasteiger charge is 1.93. The second kappa shape index (κ2) is 5.68. The monoisotopic (exact) mass is 195 g/mol. The van der Waals surface area contributed by atoms with Crippen LogP contribution in [0.4, 0.5) is 0 Å². The Bertz CT molecular complexity index is 446. The van der Waals surface area contributed by atoms with Gasteiger partial charge in [-0.05, 0) is 26.0 Å². The number of nitrogens with zero attached hydrogens (tertiary/aromatic N) is 1. The summed E-state index contributed by atoms with van der Waals surface area (Å²) >= 11 is 0. The van der Waals surface area contributed by atoms with Crippen LogP contribution < -0.4 is 0 Å². The van der Waals surface area contributed by atoms with Crippen molar-refractivity contribution in [3.63, 3.8) is 0 Å². The quantitative estimate of drug-likeness (QED) is 0.631. The van der Waals surface area contributed by atoms with Crippen LogP contribution >= 0.6 is 0 Å². The lowest BCUT2D eigenvalue weighted by Gasteiger charge is -1.94. The molecular weight excluding hydrogens is 182 g/mol. The summed E-state index contributed by atoms with van der Waals surface area (Å²) in [7, 11) is 0. The predicted molar refractivity (Wildman–Crippen MR) is 61.9 cm³/mol. The van der Waals surface area contributed by atoms with Gasteiger partial charge < -0.3 is 0 Å². The van der Waals surface area contributed by atoms with Crippen molar-refractivity contribution in [1.29, 1.82) is 5.26 Å². The van der Waals surface area contributed by atoms with E-state index in [2.05, 4.69) is 17.9 Å². The van der Waals surface area contributed by atoms with Crippen molar-refractivity contribution >= 4 is 0 Å². The predicted octanol–water partition coefficient (Wildman–Crippen LogP) is 3.29. The third-order valence-corrected chi connectivity index (χ3v) is 1.99. The van der Waals surface area contributed by atoms with Crippen LogP contribution in [0, 0.1) is 23.2 Å². The molecule has 0 N–H and O–H groups in total. The van der Waals surface area contributed by atoms with Crippen LogP contribution in [0.5, 0.6) is 0 Å². The normalized spacial score (nSPS) is 8.33. The van der Waals surface area contributed by atoms with Gasteiger partial charge in [0.2, 0.25) is 0 Å². The van der Waals surface area contributed by atoms with Crippen molar-refractivity contribution in [3.8, 4) is 17.9 Å². The van der Waals surface area contributed by atoms with Crippen LogP contribution in [0.3, 0.4) is 0 Å². The van der Waals surface area contributed by atoms with Gasteiger partial charge in [-0.25, -0.2) is 0 Å². The summed E-state index contributed by atoms with van der Waals surface area (Å²) in [6, 6.07) is 11.9. The lowest BCUT2D eigenvalue weighted by atomic mass is 10.1. The molecule has 0 aromatic heterocycles. The van der Waals surface area contributed by atoms with E-state index in [1.165, 1.54) is 0 Å². The van der Waals surface area contributed by atoms with Gasteiger partial charge in [-0.3, -0.25) is 0 Å². The van der Waals surface area contributed by atoms with E-state index >= 15 is 0 Å². The molecule has 74 valence electrons. The summed E-state index contributed by atoms with van der Waals surface area (Å²) < 4.78 is 0. The minimum absolute atomic E-state index is 0.391. The Balaban J connectivity index is 2.91. The standard InChI is InChI=1S/C14H13N/c1-12(2)14(10-11-15)9-8-13-6-4-3-5-7-13/h3-7H,10H2,1-2H3. The lowest BCUT2D eigenvalue weighted by molar-refractivity contribution is 1.21. The molecule has 0 aliphatic carbocycles. The first kappa shape index (κ1) is 11.1. The summed E-state index contributed by atoms with van der Waals surface area (Å²) in [4.78, 5) is 0. The van der Waals surface area contributed by atoms with Gasteiger partial charge >= 0.3 is 0 Å². The highest BCUT2D eigenvalue weighted by atomic mass is 14.2. The molecule has 1 rings (SSSR count). The molecule has 0 fully saturated rings. The zero-order chi connectivity index (χ0) is 11.1. The first-order chi connectivity index (χ1) is 7.24. The van der Waals surface area contributed by atoms with Crippen LogP contribution in [0.25, 0.3) is 0 Å². The average molecular weight is 195 g/mol. The Morgan fingerprint density at radius 3 is 2.40 bits per heavy atom. The largest absolute Gasteiger partial charge is 0.198 e. The lowest BCUT2D eigenvalue weighted by Crippen LogP contribution is -1.81. The maximum Gasteiger partial charge on any atom is 0.0680 e. The van der Waals surface area contributed by atoms with E-state index in [1.54, 1.807) is 0 Å². The molecule has 0 amide bonds. The van der Waals surface area contributed by atoms with Crippen LogP contribution in [0.15, 0.2) is 41.5 Å². The molecular formula is C14H13N. The third kappa shape index (κ3) is 3.71.